The van der Waals surface area contributed by atoms with Gasteiger partial charge in [-0.05, 0) is 33.1 Å². The van der Waals surface area contributed by atoms with Crippen molar-refractivity contribution in [3.8, 4) is 16.9 Å². The molecule has 0 saturated carbocycles. The molecule has 92 valence electrons. The Labute approximate surface area is 114 Å². The SMILES string of the molecule is COc1c(C(=N)N)ccc(-c2ccccc2)c1Br. The van der Waals surface area contributed by atoms with Gasteiger partial charge in [-0.15, -0.1) is 0 Å². The third-order valence-electron chi connectivity index (χ3n) is 2.68. The zero-order valence-electron chi connectivity index (χ0n) is 9.91. The largest absolute Gasteiger partial charge is 0.495 e. The fourth-order valence-corrected chi connectivity index (χ4v) is 2.54. The predicted octanol–water partition coefficient (Wildman–Crippen LogP) is 3.41. The first-order valence-electron chi connectivity index (χ1n) is 5.41. The molecule has 0 aromatic heterocycles. The van der Waals surface area contributed by atoms with Crippen LogP contribution in [-0.2, 0) is 0 Å². The number of methoxy groups -OCH3 is 1. The van der Waals surface area contributed by atoms with Gasteiger partial charge in [0.05, 0.1) is 17.1 Å². The summed E-state index contributed by atoms with van der Waals surface area (Å²) >= 11 is 3.52. The molecule has 0 atom stereocenters. The van der Waals surface area contributed by atoms with Gasteiger partial charge in [0, 0.05) is 0 Å². The standard InChI is InChI=1S/C14H13BrN2O/c1-18-13-11(14(16)17)8-7-10(12(13)15)9-5-3-2-4-6-9/h2-8H,1H3,(H3,16,17). The van der Waals surface area contributed by atoms with Gasteiger partial charge in [0.1, 0.15) is 11.6 Å². The number of hydrogen-bond acceptors (Lipinski definition) is 2. The van der Waals surface area contributed by atoms with E-state index in [9.17, 15) is 0 Å². The molecule has 0 heterocycles. The summed E-state index contributed by atoms with van der Waals surface area (Å²) in [7, 11) is 1.57. The summed E-state index contributed by atoms with van der Waals surface area (Å²) in [6.07, 6.45) is 0. The van der Waals surface area contributed by atoms with Gasteiger partial charge in [-0.1, -0.05) is 36.4 Å². The van der Waals surface area contributed by atoms with Crippen LogP contribution in [0.25, 0.3) is 11.1 Å². The van der Waals surface area contributed by atoms with Crippen molar-refractivity contribution in [3.63, 3.8) is 0 Å². The van der Waals surface area contributed by atoms with Crippen LogP contribution in [0.1, 0.15) is 5.56 Å². The first-order valence-corrected chi connectivity index (χ1v) is 6.20. The Balaban J connectivity index is 2.62. The molecule has 0 radical (unpaired) electrons. The molecule has 2 aromatic rings. The van der Waals surface area contributed by atoms with Crippen LogP contribution in [0.4, 0.5) is 0 Å². The number of benzene rings is 2. The number of nitrogens with two attached hydrogens (primary N) is 1. The van der Waals surface area contributed by atoms with E-state index in [-0.39, 0.29) is 5.84 Å². The molecule has 18 heavy (non-hydrogen) atoms. The van der Waals surface area contributed by atoms with Gasteiger partial charge < -0.3 is 10.5 Å². The molecule has 0 aliphatic rings. The van der Waals surface area contributed by atoms with Crippen LogP contribution in [0, 0.1) is 5.41 Å². The van der Waals surface area contributed by atoms with E-state index in [0.717, 1.165) is 15.6 Å². The van der Waals surface area contributed by atoms with Crippen molar-refractivity contribution in [2.45, 2.75) is 0 Å². The quantitative estimate of drug-likeness (QED) is 0.674. The summed E-state index contributed by atoms with van der Waals surface area (Å²) in [5.74, 6) is 0.580. The van der Waals surface area contributed by atoms with E-state index in [2.05, 4.69) is 15.9 Å². The van der Waals surface area contributed by atoms with Gasteiger partial charge in [0.2, 0.25) is 0 Å². The molecule has 0 amide bonds. The molecule has 3 N–H and O–H groups in total. The summed E-state index contributed by atoms with van der Waals surface area (Å²) < 4.78 is 6.14. The zero-order chi connectivity index (χ0) is 13.1. The molecular formula is C14H13BrN2O. The van der Waals surface area contributed by atoms with Crippen LogP contribution in [0.3, 0.4) is 0 Å². The molecule has 2 aromatic carbocycles. The highest BCUT2D eigenvalue weighted by molar-refractivity contribution is 9.10. The van der Waals surface area contributed by atoms with Crippen LogP contribution in [0.5, 0.6) is 5.75 Å². The van der Waals surface area contributed by atoms with E-state index in [1.165, 1.54) is 0 Å². The summed E-state index contributed by atoms with van der Waals surface area (Å²) in [6, 6.07) is 13.7. The van der Waals surface area contributed by atoms with Gasteiger partial charge in [-0.2, -0.15) is 0 Å². The minimum absolute atomic E-state index is 0.00726. The van der Waals surface area contributed by atoms with Crippen LogP contribution < -0.4 is 10.5 Å². The van der Waals surface area contributed by atoms with Gasteiger partial charge in [0.25, 0.3) is 0 Å². The number of hydrogen-bond donors (Lipinski definition) is 2. The van der Waals surface area contributed by atoms with Gasteiger partial charge in [0.15, 0.2) is 0 Å². The van der Waals surface area contributed by atoms with Gasteiger partial charge in [-0.25, -0.2) is 0 Å². The van der Waals surface area contributed by atoms with E-state index in [0.29, 0.717) is 11.3 Å². The van der Waals surface area contributed by atoms with E-state index >= 15 is 0 Å². The molecule has 4 heteroatoms. The summed E-state index contributed by atoms with van der Waals surface area (Å²) in [6.45, 7) is 0. The highest BCUT2D eigenvalue weighted by Crippen LogP contribution is 2.37. The van der Waals surface area contributed by atoms with Crippen LogP contribution in [0.15, 0.2) is 46.9 Å². The lowest BCUT2D eigenvalue weighted by Gasteiger charge is -2.13. The first kappa shape index (κ1) is 12.6. The van der Waals surface area contributed by atoms with Gasteiger partial charge >= 0.3 is 0 Å². The van der Waals surface area contributed by atoms with Crippen LogP contribution in [-0.4, -0.2) is 12.9 Å². The highest BCUT2D eigenvalue weighted by atomic mass is 79.9. The Morgan fingerprint density at radius 1 is 1.17 bits per heavy atom. The second kappa shape index (κ2) is 5.23. The molecule has 0 aliphatic heterocycles. The van der Waals surface area contributed by atoms with E-state index in [4.69, 9.17) is 15.9 Å². The number of nitrogens with one attached hydrogen (secondary N) is 1. The Hall–Kier alpha value is -1.81. The summed E-state index contributed by atoms with van der Waals surface area (Å²) in [4.78, 5) is 0. The maximum atomic E-state index is 7.53. The van der Waals surface area contributed by atoms with E-state index in [1.807, 2.05) is 36.4 Å². The van der Waals surface area contributed by atoms with Crippen molar-refractivity contribution in [3.05, 3.63) is 52.5 Å². The first-order chi connectivity index (χ1) is 8.65. The van der Waals surface area contributed by atoms with Crippen molar-refractivity contribution in [1.29, 1.82) is 5.41 Å². The molecule has 2 rings (SSSR count). The van der Waals surface area contributed by atoms with Crippen LogP contribution >= 0.6 is 15.9 Å². The summed E-state index contributed by atoms with van der Waals surface area (Å²) in [5.41, 5.74) is 8.21. The number of nitrogen functional groups attached to an aromatic ring is 1. The smallest absolute Gasteiger partial charge is 0.144 e. The average Bonchev–Trinajstić information content (AvgIpc) is 2.39. The molecular weight excluding hydrogens is 292 g/mol. The number of ether oxygens (including phenoxy) is 1. The summed E-state index contributed by atoms with van der Waals surface area (Å²) in [5, 5.41) is 7.53. The molecule has 3 nitrogen and oxygen atoms in total. The minimum atomic E-state index is -0.00726. The number of amidine groups is 1. The maximum absolute atomic E-state index is 7.53. The fraction of sp³-hybridized carbons (Fsp3) is 0.0714. The molecule has 0 saturated heterocycles. The fourth-order valence-electron chi connectivity index (χ4n) is 1.81. The average molecular weight is 305 g/mol. The Bertz CT molecular complexity index is 582. The Kier molecular flexibility index (Phi) is 3.67. The van der Waals surface area contributed by atoms with Crippen molar-refractivity contribution in [2.75, 3.05) is 7.11 Å². The third-order valence-corrected chi connectivity index (χ3v) is 3.46. The molecule has 0 bridgehead atoms. The highest BCUT2D eigenvalue weighted by Gasteiger charge is 2.14. The zero-order valence-corrected chi connectivity index (χ0v) is 11.5. The molecule has 0 spiro atoms. The van der Waals surface area contributed by atoms with Crippen LogP contribution in [0.2, 0.25) is 0 Å². The Morgan fingerprint density at radius 2 is 1.83 bits per heavy atom. The lowest BCUT2D eigenvalue weighted by Crippen LogP contribution is -2.12. The second-order valence-corrected chi connectivity index (χ2v) is 4.58. The number of halogens is 1. The predicted molar refractivity (Wildman–Crippen MR) is 77.1 cm³/mol. The lowest BCUT2D eigenvalue weighted by molar-refractivity contribution is 0.411. The second-order valence-electron chi connectivity index (χ2n) is 3.79. The Morgan fingerprint density at radius 3 is 2.39 bits per heavy atom. The number of rotatable bonds is 3. The molecule has 0 aliphatic carbocycles. The van der Waals surface area contributed by atoms with E-state index in [1.54, 1.807) is 13.2 Å². The van der Waals surface area contributed by atoms with Crippen molar-refractivity contribution in [2.24, 2.45) is 5.73 Å². The lowest BCUT2D eigenvalue weighted by atomic mass is 10.0. The van der Waals surface area contributed by atoms with Crippen molar-refractivity contribution < 1.29 is 4.74 Å². The minimum Gasteiger partial charge on any atom is -0.495 e. The van der Waals surface area contributed by atoms with Crippen molar-refractivity contribution in [1.82, 2.24) is 0 Å². The molecule has 0 fully saturated rings. The third kappa shape index (κ3) is 2.24. The molecule has 0 unspecified atom stereocenters. The maximum Gasteiger partial charge on any atom is 0.144 e. The normalized spacial score (nSPS) is 10.1. The topological polar surface area (TPSA) is 59.1 Å². The van der Waals surface area contributed by atoms with Crippen molar-refractivity contribution >= 4 is 21.8 Å². The van der Waals surface area contributed by atoms with E-state index < -0.39 is 0 Å². The van der Waals surface area contributed by atoms with Gasteiger partial charge in [-0.3, -0.25) is 5.41 Å². The monoisotopic (exact) mass is 304 g/mol.